The molecule has 0 amide bonds. The normalized spacial score (nSPS) is 10.8. The first-order valence-electron chi connectivity index (χ1n) is 5.69. The molecule has 0 aliphatic heterocycles. The molecule has 0 radical (unpaired) electrons. The maximum Gasteiger partial charge on any atom is 0.0534 e. The standard InChI is InChI=1S/C11H21N3O/c1-2-6-14-10-11(9-13-14)8-12-5-3-4-7-15/h9-10,12,15H,2-8H2,1H3. The molecular formula is C11H21N3O. The van der Waals surface area contributed by atoms with Crippen molar-refractivity contribution in [3.8, 4) is 0 Å². The number of nitrogens with one attached hydrogen (secondary N) is 1. The van der Waals surface area contributed by atoms with Crippen LogP contribution in [0.25, 0.3) is 0 Å². The first-order chi connectivity index (χ1) is 7.36. The summed E-state index contributed by atoms with van der Waals surface area (Å²) in [6.45, 7) is 5.25. The van der Waals surface area contributed by atoms with Gasteiger partial charge in [-0.25, -0.2) is 0 Å². The monoisotopic (exact) mass is 211 g/mol. The highest BCUT2D eigenvalue weighted by molar-refractivity contribution is 5.03. The lowest BCUT2D eigenvalue weighted by molar-refractivity contribution is 0.283. The van der Waals surface area contributed by atoms with Crippen LogP contribution in [0.4, 0.5) is 0 Å². The first kappa shape index (κ1) is 12.2. The number of aryl methyl sites for hydroxylation is 1. The van der Waals surface area contributed by atoms with E-state index in [-0.39, 0.29) is 6.61 Å². The van der Waals surface area contributed by atoms with Gasteiger partial charge in [0.1, 0.15) is 0 Å². The van der Waals surface area contributed by atoms with Gasteiger partial charge in [-0.2, -0.15) is 5.10 Å². The number of hydrogen-bond acceptors (Lipinski definition) is 3. The molecule has 1 rings (SSSR count). The summed E-state index contributed by atoms with van der Waals surface area (Å²) in [6.07, 6.45) is 7.02. The van der Waals surface area contributed by atoms with Gasteiger partial charge in [-0.15, -0.1) is 0 Å². The van der Waals surface area contributed by atoms with Crippen LogP contribution in [-0.2, 0) is 13.1 Å². The molecule has 0 saturated carbocycles. The lowest BCUT2D eigenvalue weighted by Crippen LogP contribution is -2.14. The third kappa shape index (κ3) is 4.95. The predicted molar refractivity (Wildman–Crippen MR) is 60.5 cm³/mol. The van der Waals surface area contributed by atoms with E-state index >= 15 is 0 Å². The molecule has 15 heavy (non-hydrogen) atoms. The Hall–Kier alpha value is -0.870. The van der Waals surface area contributed by atoms with Crippen LogP contribution in [0.3, 0.4) is 0 Å². The molecule has 0 aliphatic rings. The largest absolute Gasteiger partial charge is 0.396 e. The average Bonchev–Trinajstić information content (AvgIpc) is 2.66. The average molecular weight is 211 g/mol. The Morgan fingerprint density at radius 1 is 1.47 bits per heavy atom. The Bertz CT molecular complexity index is 260. The van der Waals surface area contributed by atoms with Crippen molar-refractivity contribution in [2.75, 3.05) is 13.2 Å². The zero-order valence-corrected chi connectivity index (χ0v) is 9.45. The van der Waals surface area contributed by atoms with Gasteiger partial charge in [-0.05, 0) is 25.8 Å². The molecule has 1 aromatic rings. The zero-order chi connectivity index (χ0) is 10.9. The quantitative estimate of drug-likeness (QED) is 0.634. The van der Waals surface area contributed by atoms with E-state index in [0.717, 1.165) is 38.9 Å². The molecule has 0 saturated heterocycles. The summed E-state index contributed by atoms with van der Waals surface area (Å²) in [5, 5.41) is 16.2. The molecule has 1 aromatic heterocycles. The van der Waals surface area contributed by atoms with Crippen molar-refractivity contribution in [1.82, 2.24) is 15.1 Å². The predicted octanol–water partition coefficient (Wildman–Crippen LogP) is 1.16. The van der Waals surface area contributed by atoms with Crippen LogP contribution in [0.2, 0.25) is 0 Å². The molecule has 2 N–H and O–H groups in total. The van der Waals surface area contributed by atoms with E-state index in [0.29, 0.717) is 0 Å². The second-order valence-electron chi connectivity index (χ2n) is 3.72. The molecule has 0 aromatic carbocycles. The number of hydrogen-bond donors (Lipinski definition) is 2. The fourth-order valence-electron chi connectivity index (χ4n) is 1.44. The highest BCUT2D eigenvalue weighted by Gasteiger charge is 1.96. The van der Waals surface area contributed by atoms with Crippen molar-refractivity contribution < 1.29 is 5.11 Å². The summed E-state index contributed by atoms with van der Waals surface area (Å²) in [5.74, 6) is 0. The summed E-state index contributed by atoms with van der Waals surface area (Å²) in [7, 11) is 0. The molecule has 0 atom stereocenters. The van der Waals surface area contributed by atoms with E-state index in [1.807, 2.05) is 10.9 Å². The maximum absolute atomic E-state index is 8.60. The van der Waals surface area contributed by atoms with E-state index in [9.17, 15) is 0 Å². The van der Waals surface area contributed by atoms with Crippen LogP contribution in [0.15, 0.2) is 12.4 Å². The third-order valence-corrected chi connectivity index (χ3v) is 2.23. The van der Waals surface area contributed by atoms with Gasteiger partial charge in [0, 0.05) is 31.5 Å². The van der Waals surface area contributed by atoms with Gasteiger partial charge in [-0.1, -0.05) is 6.92 Å². The van der Waals surface area contributed by atoms with Gasteiger partial charge in [0.2, 0.25) is 0 Å². The molecule has 0 bridgehead atoms. The van der Waals surface area contributed by atoms with E-state index in [4.69, 9.17) is 5.11 Å². The van der Waals surface area contributed by atoms with Gasteiger partial charge in [-0.3, -0.25) is 4.68 Å². The second-order valence-corrected chi connectivity index (χ2v) is 3.72. The van der Waals surface area contributed by atoms with Gasteiger partial charge < -0.3 is 10.4 Å². The van der Waals surface area contributed by atoms with Crippen molar-refractivity contribution in [1.29, 1.82) is 0 Å². The minimum absolute atomic E-state index is 0.288. The number of aliphatic hydroxyl groups is 1. The van der Waals surface area contributed by atoms with Crippen molar-refractivity contribution in [3.05, 3.63) is 18.0 Å². The molecule has 0 fully saturated rings. The molecule has 1 heterocycles. The van der Waals surface area contributed by atoms with Crippen molar-refractivity contribution in [2.24, 2.45) is 0 Å². The van der Waals surface area contributed by atoms with Gasteiger partial charge in [0.05, 0.1) is 6.20 Å². The van der Waals surface area contributed by atoms with Crippen molar-refractivity contribution in [2.45, 2.75) is 39.3 Å². The Morgan fingerprint density at radius 3 is 3.07 bits per heavy atom. The fourth-order valence-corrected chi connectivity index (χ4v) is 1.44. The van der Waals surface area contributed by atoms with E-state index in [2.05, 4.69) is 23.5 Å². The van der Waals surface area contributed by atoms with Crippen molar-refractivity contribution in [3.63, 3.8) is 0 Å². The van der Waals surface area contributed by atoms with Crippen LogP contribution in [0, 0.1) is 0 Å². The van der Waals surface area contributed by atoms with Crippen LogP contribution in [-0.4, -0.2) is 28.0 Å². The number of aromatic nitrogens is 2. The number of nitrogens with zero attached hydrogens (tertiary/aromatic N) is 2. The topological polar surface area (TPSA) is 50.1 Å². The highest BCUT2D eigenvalue weighted by atomic mass is 16.2. The molecule has 0 unspecified atom stereocenters. The molecule has 86 valence electrons. The summed E-state index contributed by atoms with van der Waals surface area (Å²) in [4.78, 5) is 0. The van der Waals surface area contributed by atoms with Gasteiger partial charge in [0.15, 0.2) is 0 Å². The Kier molecular flexibility index (Phi) is 6.04. The second kappa shape index (κ2) is 7.43. The lowest BCUT2D eigenvalue weighted by atomic mass is 10.3. The molecule has 0 aliphatic carbocycles. The minimum Gasteiger partial charge on any atom is -0.396 e. The fraction of sp³-hybridized carbons (Fsp3) is 0.727. The number of unbranched alkanes of at least 4 members (excludes halogenated alkanes) is 1. The zero-order valence-electron chi connectivity index (χ0n) is 9.45. The van der Waals surface area contributed by atoms with E-state index < -0.39 is 0 Å². The smallest absolute Gasteiger partial charge is 0.0534 e. The Labute approximate surface area is 91.3 Å². The van der Waals surface area contributed by atoms with E-state index in [1.54, 1.807) is 0 Å². The molecule has 0 spiro atoms. The summed E-state index contributed by atoms with van der Waals surface area (Å²) in [6, 6.07) is 0. The minimum atomic E-state index is 0.288. The summed E-state index contributed by atoms with van der Waals surface area (Å²) >= 11 is 0. The van der Waals surface area contributed by atoms with Crippen LogP contribution in [0.5, 0.6) is 0 Å². The van der Waals surface area contributed by atoms with E-state index in [1.165, 1.54) is 5.56 Å². The maximum atomic E-state index is 8.60. The van der Waals surface area contributed by atoms with Gasteiger partial charge in [0.25, 0.3) is 0 Å². The highest BCUT2D eigenvalue weighted by Crippen LogP contribution is 1.98. The summed E-state index contributed by atoms with van der Waals surface area (Å²) in [5.41, 5.74) is 1.23. The molecule has 4 heteroatoms. The van der Waals surface area contributed by atoms with Crippen LogP contribution < -0.4 is 5.32 Å². The first-order valence-corrected chi connectivity index (χ1v) is 5.69. The Balaban J connectivity index is 2.14. The third-order valence-electron chi connectivity index (χ3n) is 2.23. The van der Waals surface area contributed by atoms with Crippen LogP contribution >= 0.6 is 0 Å². The number of rotatable bonds is 8. The molecule has 4 nitrogen and oxygen atoms in total. The van der Waals surface area contributed by atoms with Gasteiger partial charge >= 0.3 is 0 Å². The van der Waals surface area contributed by atoms with Crippen LogP contribution in [0.1, 0.15) is 31.7 Å². The SMILES string of the molecule is CCCn1cc(CNCCCCO)cn1. The summed E-state index contributed by atoms with van der Waals surface area (Å²) < 4.78 is 1.98. The Morgan fingerprint density at radius 2 is 2.33 bits per heavy atom. The molecular weight excluding hydrogens is 190 g/mol. The lowest BCUT2D eigenvalue weighted by Gasteiger charge is -2.01. The number of aliphatic hydroxyl groups excluding tert-OH is 1. The van der Waals surface area contributed by atoms with Crippen molar-refractivity contribution >= 4 is 0 Å².